The third-order valence-corrected chi connectivity index (χ3v) is 12.8. The van der Waals surface area contributed by atoms with Crippen LogP contribution in [0.3, 0.4) is 0 Å². The fraction of sp³-hybridized carbons (Fsp3) is 0.650. The summed E-state index contributed by atoms with van der Waals surface area (Å²) in [6.07, 6.45) is 10.9. The van der Waals surface area contributed by atoms with E-state index in [1.165, 1.54) is 25.8 Å². The van der Waals surface area contributed by atoms with Crippen molar-refractivity contribution in [3.8, 4) is 10.4 Å². The molecule has 11 heteroatoms. The van der Waals surface area contributed by atoms with Crippen molar-refractivity contribution in [1.29, 1.82) is 0 Å². The number of piperidine rings is 2. The molecule has 2 amide bonds. The maximum Gasteiger partial charge on any atom is 0.243 e. The van der Waals surface area contributed by atoms with E-state index < -0.39 is 12.0 Å². The number of ether oxygens (including phenoxy) is 1. The van der Waals surface area contributed by atoms with E-state index in [-0.39, 0.29) is 23.8 Å². The molecule has 1 N–H and O–H groups in total. The summed E-state index contributed by atoms with van der Waals surface area (Å²) < 4.78 is 12.2. The van der Waals surface area contributed by atoms with Gasteiger partial charge in [-0.2, -0.15) is 0 Å². The van der Waals surface area contributed by atoms with Crippen molar-refractivity contribution in [2.24, 2.45) is 11.8 Å². The molecule has 1 saturated carbocycles. The summed E-state index contributed by atoms with van der Waals surface area (Å²) in [6, 6.07) is 9.58. The topological polar surface area (TPSA) is 104 Å². The van der Waals surface area contributed by atoms with Crippen LogP contribution in [0.1, 0.15) is 108 Å². The molecule has 0 bridgehead atoms. The summed E-state index contributed by atoms with van der Waals surface area (Å²) in [5.74, 6) is 1.44. The van der Waals surface area contributed by atoms with Crippen molar-refractivity contribution < 1.29 is 18.8 Å². The normalized spacial score (nSPS) is 22.3. The van der Waals surface area contributed by atoms with Gasteiger partial charge in [-0.05, 0) is 94.6 Å². The number of rotatable bonds is 12. The second-order valence-electron chi connectivity index (χ2n) is 15.7. The first-order chi connectivity index (χ1) is 24.7. The van der Waals surface area contributed by atoms with Gasteiger partial charge >= 0.3 is 0 Å². The standard InChI is InChI=1S/C40H56N6O4S/c1-26(2)37(35-23-36(43-50-35)45-21-14-29(15-22-45)24-44-19-16-33(17-20-44)49-32-7-5-8-32)40(48)46-18-6-9-34(46)39(47)42-27(3)30-10-12-31(13-11-30)38-28(4)41-25-51-38/h10-13,23,25-27,29,32-34,37H,5-9,14-22,24H2,1-4H3,(H,42,47)/t27-,34?,37?/m0/s1. The van der Waals surface area contributed by atoms with E-state index in [0.717, 1.165) is 85.8 Å². The van der Waals surface area contributed by atoms with Crippen molar-refractivity contribution in [3.63, 3.8) is 0 Å². The van der Waals surface area contributed by atoms with Crippen molar-refractivity contribution >= 4 is 29.0 Å². The van der Waals surface area contributed by atoms with Gasteiger partial charge in [0.25, 0.3) is 0 Å². The Morgan fingerprint density at radius 2 is 1.67 bits per heavy atom. The lowest BCUT2D eigenvalue weighted by Gasteiger charge is -2.39. The Morgan fingerprint density at radius 1 is 0.941 bits per heavy atom. The van der Waals surface area contributed by atoms with E-state index in [2.05, 4.69) is 49.5 Å². The van der Waals surface area contributed by atoms with Crippen LogP contribution in [0.4, 0.5) is 5.82 Å². The smallest absolute Gasteiger partial charge is 0.243 e. The molecule has 3 saturated heterocycles. The number of nitrogens with zero attached hydrogens (tertiary/aromatic N) is 5. The number of aromatic nitrogens is 2. The average molecular weight is 717 g/mol. The largest absolute Gasteiger partial charge is 0.375 e. The molecule has 5 heterocycles. The van der Waals surface area contributed by atoms with E-state index in [1.54, 1.807) is 16.2 Å². The summed E-state index contributed by atoms with van der Waals surface area (Å²) in [4.78, 5) is 40.1. The molecule has 0 spiro atoms. The maximum atomic E-state index is 14.2. The molecule has 7 rings (SSSR count). The number of hydrogen-bond donors (Lipinski definition) is 1. The Balaban J connectivity index is 0.909. The second-order valence-corrected chi connectivity index (χ2v) is 16.6. The number of thiazole rings is 1. The minimum Gasteiger partial charge on any atom is -0.375 e. The molecular formula is C40H56N6O4S. The Kier molecular flexibility index (Phi) is 11.4. The zero-order valence-electron chi connectivity index (χ0n) is 30.9. The molecule has 1 aliphatic carbocycles. The lowest BCUT2D eigenvalue weighted by Crippen LogP contribution is -2.48. The number of aryl methyl sites for hydroxylation is 1. The molecule has 4 fully saturated rings. The quantitative estimate of drug-likeness (QED) is 0.215. The number of likely N-dealkylation sites (tertiary alicyclic amines) is 2. The lowest BCUT2D eigenvalue weighted by atomic mass is 9.91. The van der Waals surface area contributed by atoms with Crippen molar-refractivity contribution in [2.45, 2.75) is 116 Å². The first-order valence-corrected chi connectivity index (χ1v) is 20.3. The van der Waals surface area contributed by atoms with Crippen molar-refractivity contribution in [1.82, 2.24) is 25.3 Å². The highest BCUT2D eigenvalue weighted by Crippen LogP contribution is 2.34. The molecule has 51 heavy (non-hydrogen) atoms. The molecule has 0 radical (unpaired) electrons. The Hall–Kier alpha value is -3.28. The van der Waals surface area contributed by atoms with Crippen LogP contribution >= 0.6 is 11.3 Å². The monoisotopic (exact) mass is 716 g/mol. The number of amides is 2. The van der Waals surface area contributed by atoms with Gasteiger partial charge in [0.15, 0.2) is 11.6 Å². The fourth-order valence-electron chi connectivity index (χ4n) is 8.40. The van der Waals surface area contributed by atoms with Crippen LogP contribution in [0.2, 0.25) is 0 Å². The van der Waals surface area contributed by atoms with E-state index >= 15 is 0 Å². The molecule has 4 aliphatic rings. The molecule has 276 valence electrons. The third-order valence-electron chi connectivity index (χ3n) is 11.8. The SMILES string of the molecule is Cc1ncsc1-c1ccc([C@H](C)NC(=O)C2CCCN2C(=O)C(c2cc(N3CCC(CN4CCC(OC5CCC5)CC4)CC3)no2)C(C)C)cc1. The lowest BCUT2D eigenvalue weighted by molar-refractivity contribution is -0.141. The first kappa shape index (κ1) is 36.1. The summed E-state index contributed by atoms with van der Waals surface area (Å²) in [5.41, 5.74) is 5.04. The van der Waals surface area contributed by atoms with E-state index in [4.69, 9.17) is 9.26 Å². The van der Waals surface area contributed by atoms with Crippen LogP contribution in [0, 0.1) is 18.8 Å². The van der Waals surface area contributed by atoms with Crippen molar-refractivity contribution in [2.75, 3.05) is 44.2 Å². The number of carbonyl (C=O) groups excluding carboxylic acids is 2. The van der Waals surface area contributed by atoms with Crippen LogP contribution in [-0.2, 0) is 14.3 Å². The zero-order valence-corrected chi connectivity index (χ0v) is 31.7. The minimum absolute atomic E-state index is 0.00349. The highest BCUT2D eigenvalue weighted by atomic mass is 32.1. The average Bonchev–Trinajstić information content (AvgIpc) is 3.89. The second kappa shape index (κ2) is 16.2. The summed E-state index contributed by atoms with van der Waals surface area (Å²) in [6.45, 7) is 14.0. The van der Waals surface area contributed by atoms with Crippen LogP contribution in [0.15, 0.2) is 40.4 Å². The maximum absolute atomic E-state index is 14.2. The summed E-state index contributed by atoms with van der Waals surface area (Å²) in [7, 11) is 0. The number of nitrogens with one attached hydrogen (secondary N) is 1. The highest BCUT2D eigenvalue weighted by molar-refractivity contribution is 7.13. The first-order valence-electron chi connectivity index (χ1n) is 19.4. The third kappa shape index (κ3) is 8.36. The van der Waals surface area contributed by atoms with Crippen LogP contribution < -0.4 is 10.2 Å². The number of hydrogen-bond acceptors (Lipinski definition) is 9. The van der Waals surface area contributed by atoms with Crippen LogP contribution in [0.25, 0.3) is 10.4 Å². The molecule has 3 atom stereocenters. The number of carbonyl (C=O) groups is 2. The van der Waals surface area contributed by atoms with Gasteiger partial charge in [0, 0.05) is 45.3 Å². The number of benzene rings is 1. The van der Waals surface area contributed by atoms with E-state index in [9.17, 15) is 9.59 Å². The fourth-order valence-corrected chi connectivity index (χ4v) is 9.22. The molecule has 2 unspecified atom stereocenters. The van der Waals surface area contributed by atoms with Gasteiger partial charge in [0.05, 0.1) is 34.3 Å². The molecule has 3 aromatic rings. The zero-order chi connectivity index (χ0) is 35.5. The van der Waals surface area contributed by atoms with E-state index in [0.29, 0.717) is 36.9 Å². The molecule has 1 aromatic carbocycles. The van der Waals surface area contributed by atoms with E-state index in [1.807, 2.05) is 39.3 Å². The van der Waals surface area contributed by atoms with Crippen molar-refractivity contribution in [3.05, 3.63) is 52.9 Å². The van der Waals surface area contributed by atoms with Crippen LogP contribution in [0.5, 0.6) is 0 Å². The Labute approximate surface area is 307 Å². The van der Waals surface area contributed by atoms with Gasteiger partial charge in [0.2, 0.25) is 11.8 Å². The Morgan fingerprint density at radius 3 is 2.31 bits per heavy atom. The van der Waals surface area contributed by atoms with Gasteiger partial charge in [-0.1, -0.05) is 43.3 Å². The Bertz CT molecular complexity index is 1600. The van der Waals surface area contributed by atoms with Gasteiger partial charge in [-0.25, -0.2) is 4.98 Å². The van der Waals surface area contributed by atoms with Crippen LogP contribution in [-0.4, -0.2) is 89.3 Å². The van der Waals surface area contributed by atoms with Gasteiger partial charge in [-0.15, -0.1) is 11.3 Å². The molecule has 2 aromatic heterocycles. The molecule has 3 aliphatic heterocycles. The predicted octanol–water partition coefficient (Wildman–Crippen LogP) is 6.96. The molecular weight excluding hydrogens is 661 g/mol. The van der Waals surface area contributed by atoms with Gasteiger partial charge < -0.3 is 29.3 Å². The predicted molar refractivity (Wildman–Crippen MR) is 201 cm³/mol. The summed E-state index contributed by atoms with van der Waals surface area (Å²) in [5, 5.41) is 7.66. The van der Waals surface area contributed by atoms with Gasteiger partial charge in [0.1, 0.15) is 12.0 Å². The van der Waals surface area contributed by atoms with Gasteiger partial charge in [-0.3, -0.25) is 9.59 Å². The summed E-state index contributed by atoms with van der Waals surface area (Å²) >= 11 is 1.63. The highest BCUT2D eigenvalue weighted by Gasteiger charge is 2.41. The minimum atomic E-state index is -0.497. The number of anilines is 1. The molecule has 10 nitrogen and oxygen atoms in total.